The van der Waals surface area contributed by atoms with Crippen molar-refractivity contribution in [3.8, 4) is 0 Å². The van der Waals surface area contributed by atoms with Gasteiger partial charge in [0.25, 0.3) is 0 Å². The molecule has 37 heavy (non-hydrogen) atoms. The largest absolute Gasteiger partial charge is 0.469 e. The quantitative estimate of drug-likeness (QED) is 0.239. The fourth-order valence-electron chi connectivity index (χ4n) is 9.18. The van der Waals surface area contributed by atoms with Crippen molar-refractivity contribution in [3.63, 3.8) is 0 Å². The molecule has 0 saturated heterocycles. The van der Waals surface area contributed by atoms with Crippen molar-refractivity contribution in [3.05, 3.63) is 0 Å². The lowest BCUT2D eigenvalue weighted by Gasteiger charge is -2.63. The first-order valence-electron chi connectivity index (χ1n) is 13.9. The maximum atomic E-state index is 14.1. The fraction of sp³-hybridized carbons (Fsp3) is 0.862. The highest BCUT2D eigenvalue weighted by atomic mass is 79.9. The highest BCUT2D eigenvalue weighted by Gasteiger charge is 2.68. The van der Waals surface area contributed by atoms with Gasteiger partial charge in [-0.05, 0) is 80.0 Å². The van der Waals surface area contributed by atoms with Crippen LogP contribution in [0.15, 0.2) is 0 Å². The number of hydrogen-bond acceptors (Lipinski definition) is 7. The molecule has 4 fully saturated rings. The molecule has 0 heterocycles. The number of hydrogen-bond donors (Lipinski definition) is 0. The van der Waals surface area contributed by atoms with E-state index in [1.807, 2.05) is 0 Å². The molecular weight excluding hydrogens is 540 g/mol. The summed E-state index contributed by atoms with van der Waals surface area (Å²) in [5.41, 5.74) is -0.444. The van der Waals surface area contributed by atoms with Gasteiger partial charge in [0.15, 0.2) is 0 Å². The van der Waals surface area contributed by atoms with Gasteiger partial charge in [-0.3, -0.25) is 19.2 Å². The number of Topliss-reactive ketones (excluding diaryl/α,β-unsaturated/α-hetero) is 1. The predicted octanol–water partition coefficient (Wildman–Crippen LogP) is 5.26. The highest BCUT2D eigenvalue weighted by Crippen LogP contribution is 2.68. The second kappa shape index (κ2) is 10.6. The van der Waals surface area contributed by atoms with Gasteiger partial charge in [-0.1, -0.05) is 36.7 Å². The Morgan fingerprint density at radius 2 is 1.68 bits per heavy atom. The smallest absolute Gasteiger partial charge is 0.305 e. The van der Waals surface area contributed by atoms with Crippen molar-refractivity contribution >= 4 is 39.6 Å². The van der Waals surface area contributed by atoms with Gasteiger partial charge in [0.1, 0.15) is 18.0 Å². The molecule has 0 radical (unpaired) electrons. The summed E-state index contributed by atoms with van der Waals surface area (Å²) in [6, 6.07) is 0. The molecule has 4 aliphatic rings. The first-order valence-corrected chi connectivity index (χ1v) is 14.8. The lowest BCUT2D eigenvalue weighted by atomic mass is 9.43. The SMILES string of the molecule is COC(=O)CC[C@@H](C)C1CCC2C3C(=O)[C@H](Br)C4C[C@H](OC(C)=O)CCC4(C)C3C[C@H](OC(C)=O)C21C. The van der Waals surface area contributed by atoms with E-state index >= 15 is 0 Å². The van der Waals surface area contributed by atoms with Crippen LogP contribution in [0.1, 0.15) is 86.0 Å². The molecule has 11 atom stereocenters. The lowest BCUT2D eigenvalue weighted by molar-refractivity contribution is -0.196. The van der Waals surface area contributed by atoms with Crippen LogP contribution < -0.4 is 0 Å². The Morgan fingerprint density at radius 3 is 2.30 bits per heavy atom. The topological polar surface area (TPSA) is 96.0 Å². The Hall–Kier alpha value is -1.44. The van der Waals surface area contributed by atoms with Crippen LogP contribution in [0.5, 0.6) is 0 Å². The highest BCUT2D eigenvalue weighted by molar-refractivity contribution is 9.10. The van der Waals surface area contributed by atoms with Crippen molar-refractivity contribution in [2.75, 3.05) is 7.11 Å². The van der Waals surface area contributed by atoms with Gasteiger partial charge in [-0.2, -0.15) is 0 Å². The van der Waals surface area contributed by atoms with E-state index in [9.17, 15) is 19.2 Å². The van der Waals surface area contributed by atoms with Crippen LogP contribution in [-0.4, -0.2) is 47.8 Å². The van der Waals surface area contributed by atoms with E-state index in [0.717, 1.165) is 25.7 Å². The number of ketones is 1. The maximum absolute atomic E-state index is 14.1. The first-order chi connectivity index (χ1) is 17.3. The van der Waals surface area contributed by atoms with Crippen LogP contribution in [0.2, 0.25) is 0 Å². The number of alkyl halides is 1. The van der Waals surface area contributed by atoms with Gasteiger partial charge in [0.2, 0.25) is 0 Å². The normalized spacial score (nSPS) is 43.6. The third-order valence-electron chi connectivity index (χ3n) is 10.9. The maximum Gasteiger partial charge on any atom is 0.305 e. The first kappa shape index (κ1) is 28.6. The minimum atomic E-state index is -0.330. The molecule has 4 aliphatic carbocycles. The van der Waals surface area contributed by atoms with Crippen LogP contribution in [0.4, 0.5) is 0 Å². The van der Waals surface area contributed by atoms with E-state index in [0.29, 0.717) is 25.7 Å². The van der Waals surface area contributed by atoms with Crippen LogP contribution in [0.25, 0.3) is 0 Å². The Kier molecular flexibility index (Phi) is 8.19. The second-order valence-electron chi connectivity index (χ2n) is 12.6. The van der Waals surface area contributed by atoms with Gasteiger partial charge in [-0.25, -0.2) is 0 Å². The summed E-state index contributed by atoms with van der Waals surface area (Å²) >= 11 is 3.82. The zero-order valence-electron chi connectivity index (χ0n) is 23.1. The van der Waals surface area contributed by atoms with E-state index in [2.05, 4.69) is 36.7 Å². The number of carbonyl (C=O) groups is 4. The molecule has 0 spiro atoms. The molecule has 0 amide bonds. The van der Waals surface area contributed by atoms with Crippen molar-refractivity contribution in [2.45, 2.75) is 103 Å². The molecule has 0 aromatic rings. The molecule has 8 heteroatoms. The molecule has 0 aromatic carbocycles. The Morgan fingerprint density at radius 1 is 1.00 bits per heavy atom. The summed E-state index contributed by atoms with van der Waals surface area (Å²) in [7, 11) is 1.41. The van der Waals surface area contributed by atoms with Gasteiger partial charge >= 0.3 is 17.9 Å². The Bertz CT molecular complexity index is 935. The summed E-state index contributed by atoms with van der Waals surface area (Å²) in [4.78, 5) is 49.7. The molecule has 7 nitrogen and oxygen atoms in total. The summed E-state index contributed by atoms with van der Waals surface area (Å²) in [5, 5.41) is 0. The average molecular weight is 584 g/mol. The predicted molar refractivity (Wildman–Crippen MR) is 141 cm³/mol. The minimum Gasteiger partial charge on any atom is -0.469 e. The monoisotopic (exact) mass is 582 g/mol. The Labute approximate surface area is 229 Å². The fourth-order valence-corrected chi connectivity index (χ4v) is 10.3. The summed E-state index contributed by atoms with van der Waals surface area (Å²) < 4.78 is 16.6. The summed E-state index contributed by atoms with van der Waals surface area (Å²) in [6.45, 7) is 9.64. The van der Waals surface area contributed by atoms with Crippen molar-refractivity contribution in [1.29, 1.82) is 0 Å². The number of fused-ring (bicyclic) bond motifs is 5. The molecule has 0 N–H and O–H groups in total. The standard InChI is InChI=1S/C29H43BrO7/c1-15(7-10-24(33)35-6)19-8-9-20-25-21(14-23(29(19,20)5)37-17(3)32)28(4)12-11-18(36-16(2)31)13-22(28)26(30)27(25)34/h15,18-23,25-26H,7-14H2,1-6H3/t15-,18-,19?,20?,21?,22?,23+,25?,26-,28?,29?/m1/s1. The molecule has 0 aliphatic heterocycles. The molecule has 7 unspecified atom stereocenters. The number of esters is 3. The van der Waals surface area contributed by atoms with Crippen LogP contribution in [0, 0.1) is 46.3 Å². The molecule has 4 saturated carbocycles. The van der Waals surface area contributed by atoms with Gasteiger partial charge in [-0.15, -0.1) is 0 Å². The van der Waals surface area contributed by atoms with Crippen molar-refractivity contribution in [2.24, 2.45) is 46.3 Å². The van der Waals surface area contributed by atoms with E-state index < -0.39 is 0 Å². The van der Waals surface area contributed by atoms with E-state index in [1.54, 1.807) is 0 Å². The van der Waals surface area contributed by atoms with E-state index in [1.165, 1.54) is 21.0 Å². The molecule has 4 rings (SSSR count). The molecular formula is C29H43BrO7. The van der Waals surface area contributed by atoms with Gasteiger partial charge in [0.05, 0.1) is 11.9 Å². The van der Waals surface area contributed by atoms with E-state index in [4.69, 9.17) is 14.2 Å². The number of halogens is 1. The summed E-state index contributed by atoms with van der Waals surface area (Å²) in [6.07, 6.45) is 5.54. The third kappa shape index (κ3) is 4.89. The molecule has 208 valence electrons. The van der Waals surface area contributed by atoms with Crippen LogP contribution in [0.3, 0.4) is 0 Å². The molecule has 0 bridgehead atoms. The minimum absolute atomic E-state index is 0.0675. The molecule has 0 aromatic heterocycles. The second-order valence-corrected chi connectivity index (χ2v) is 13.6. The van der Waals surface area contributed by atoms with Crippen LogP contribution in [-0.2, 0) is 33.4 Å². The Balaban J connectivity index is 1.67. The van der Waals surface area contributed by atoms with E-state index in [-0.39, 0.29) is 87.1 Å². The van der Waals surface area contributed by atoms with Crippen molar-refractivity contribution in [1.82, 2.24) is 0 Å². The third-order valence-corrected chi connectivity index (χ3v) is 12.0. The lowest BCUT2D eigenvalue weighted by Crippen LogP contribution is -2.64. The number of rotatable bonds is 6. The van der Waals surface area contributed by atoms with Gasteiger partial charge < -0.3 is 14.2 Å². The average Bonchev–Trinajstić information content (AvgIpc) is 3.19. The number of ether oxygens (including phenoxy) is 3. The zero-order valence-corrected chi connectivity index (χ0v) is 24.7. The van der Waals surface area contributed by atoms with Crippen molar-refractivity contribution < 1.29 is 33.4 Å². The number of methoxy groups -OCH3 is 1. The van der Waals surface area contributed by atoms with Gasteiger partial charge in [0, 0.05) is 31.6 Å². The number of carbonyl (C=O) groups excluding carboxylic acids is 4. The summed E-state index contributed by atoms with van der Waals surface area (Å²) in [5.74, 6) is 0.197. The zero-order chi connectivity index (χ0) is 27.3. The van der Waals surface area contributed by atoms with Crippen LogP contribution >= 0.6 is 15.9 Å².